The number of rotatable bonds is 3. The normalized spacial score (nSPS) is 11.6. The molecule has 5 heteroatoms. The molecule has 0 saturated heterocycles. The number of pyridine rings is 1. The van der Waals surface area contributed by atoms with Crippen LogP contribution in [-0.2, 0) is 11.3 Å². The molecule has 0 aliphatic carbocycles. The van der Waals surface area contributed by atoms with Crippen molar-refractivity contribution in [1.82, 2.24) is 15.3 Å². The van der Waals surface area contributed by atoms with Crippen molar-refractivity contribution in [3.63, 3.8) is 0 Å². The van der Waals surface area contributed by atoms with E-state index in [1.54, 1.807) is 6.20 Å². The first kappa shape index (κ1) is 15.2. The van der Waals surface area contributed by atoms with Gasteiger partial charge in [-0.2, -0.15) is 4.98 Å². The van der Waals surface area contributed by atoms with Crippen molar-refractivity contribution in [2.45, 2.75) is 27.3 Å². The van der Waals surface area contributed by atoms with Gasteiger partial charge in [-0.15, -0.1) is 0 Å². The molecule has 0 saturated carbocycles. The Morgan fingerprint density at radius 3 is 2.57 bits per heavy atom. The monoisotopic (exact) mass is 309 g/mol. The Kier molecular flexibility index (Phi) is 3.86. The first-order valence-corrected chi connectivity index (χ1v) is 7.53. The quantitative estimate of drug-likeness (QED) is 0.803. The van der Waals surface area contributed by atoms with Gasteiger partial charge < -0.3 is 9.73 Å². The molecule has 5 nitrogen and oxygen atoms in total. The summed E-state index contributed by atoms with van der Waals surface area (Å²) >= 11 is 0. The van der Waals surface area contributed by atoms with E-state index in [9.17, 15) is 4.79 Å². The second-order valence-electron chi connectivity index (χ2n) is 6.47. The molecule has 1 amide bonds. The van der Waals surface area contributed by atoms with Gasteiger partial charge in [-0.05, 0) is 29.8 Å². The summed E-state index contributed by atoms with van der Waals surface area (Å²) in [6.45, 7) is 6.19. The minimum Gasteiger partial charge on any atom is -0.434 e. The highest BCUT2D eigenvalue weighted by Gasteiger charge is 2.20. The molecule has 2 aromatic heterocycles. The summed E-state index contributed by atoms with van der Waals surface area (Å²) in [4.78, 5) is 20.4. The lowest BCUT2D eigenvalue weighted by Gasteiger charge is -2.17. The number of nitrogens with zero attached hydrogens (tertiary/aromatic N) is 2. The van der Waals surface area contributed by atoms with Gasteiger partial charge in [0.25, 0.3) is 0 Å². The zero-order chi connectivity index (χ0) is 16.4. The summed E-state index contributed by atoms with van der Waals surface area (Å²) in [6, 6.07) is 11.4. The molecule has 0 fully saturated rings. The molecule has 118 valence electrons. The molecule has 0 spiro atoms. The van der Waals surface area contributed by atoms with Gasteiger partial charge in [-0.1, -0.05) is 32.9 Å². The minimum atomic E-state index is -0.384. The molecule has 1 aromatic carbocycles. The van der Waals surface area contributed by atoms with E-state index in [1.807, 2.05) is 57.2 Å². The second-order valence-corrected chi connectivity index (χ2v) is 6.47. The van der Waals surface area contributed by atoms with Gasteiger partial charge in [0.2, 0.25) is 11.8 Å². The van der Waals surface area contributed by atoms with Crippen LogP contribution in [-0.4, -0.2) is 15.9 Å². The van der Waals surface area contributed by atoms with E-state index < -0.39 is 0 Å². The van der Waals surface area contributed by atoms with E-state index in [0.717, 1.165) is 11.1 Å². The topological polar surface area (TPSA) is 68.0 Å². The average molecular weight is 309 g/mol. The molecule has 0 atom stereocenters. The fourth-order valence-electron chi connectivity index (χ4n) is 2.11. The van der Waals surface area contributed by atoms with Gasteiger partial charge >= 0.3 is 0 Å². The number of nitrogens with one attached hydrogen (secondary N) is 1. The number of aromatic nitrogens is 2. The summed E-state index contributed by atoms with van der Waals surface area (Å²) in [6.07, 6.45) is 1.69. The van der Waals surface area contributed by atoms with E-state index in [2.05, 4.69) is 15.3 Å². The summed E-state index contributed by atoms with van der Waals surface area (Å²) in [5.74, 6) is 0.579. The van der Waals surface area contributed by atoms with Crippen LogP contribution in [0.3, 0.4) is 0 Å². The zero-order valence-electron chi connectivity index (χ0n) is 13.5. The van der Waals surface area contributed by atoms with Crippen LogP contribution < -0.4 is 5.32 Å². The van der Waals surface area contributed by atoms with Crippen LogP contribution in [0.15, 0.2) is 47.0 Å². The van der Waals surface area contributed by atoms with Crippen molar-refractivity contribution in [2.75, 3.05) is 0 Å². The molecule has 3 aromatic rings. The van der Waals surface area contributed by atoms with Crippen molar-refractivity contribution in [2.24, 2.45) is 5.41 Å². The van der Waals surface area contributed by atoms with Crippen LogP contribution in [0.4, 0.5) is 0 Å². The van der Waals surface area contributed by atoms with Gasteiger partial charge in [-0.25, -0.2) is 4.98 Å². The first-order chi connectivity index (χ1) is 10.9. The highest BCUT2D eigenvalue weighted by Crippen LogP contribution is 2.23. The first-order valence-electron chi connectivity index (χ1n) is 7.53. The molecule has 0 radical (unpaired) electrons. The van der Waals surface area contributed by atoms with E-state index in [4.69, 9.17) is 4.42 Å². The molecule has 2 heterocycles. The number of hydrogen-bond donors (Lipinski definition) is 1. The number of amides is 1. The van der Waals surface area contributed by atoms with Crippen LogP contribution in [0.2, 0.25) is 0 Å². The number of hydrogen-bond acceptors (Lipinski definition) is 4. The Bertz CT molecular complexity index is 796. The van der Waals surface area contributed by atoms with Crippen LogP contribution in [0.5, 0.6) is 0 Å². The fraction of sp³-hybridized carbons (Fsp3) is 0.278. The molecule has 1 N–H and O–H groups in total. The average Bonchev–Trinajstić information content (AvgIpc) is 2.96. The predicted octanol–water partition coefficient (Wildman–Crippen LogP) is 3.55. The van der Waals surface area contributed by atoms with E-state index in [-0.39, 0.29) is 11.3 Å². The SMILES string of the molecule is CC(C)(C)C(=O)NCc1ccc(-c2nc3ncccc3o2)cc1. The van der Waals surface area contributed by atoms with E-state index in [0.29, 0.717) is 23.7 Å². The van der Waals surface area contributed by atoms with Crippen LogP contribution in [0.1, 0.15) is 26.3 Å². The third-order valence-electron chi connectivity index (χ3n) is 3.50. The van der Waals surface area contributed by atoms with Crippen molar-refractivity contribution in [3.05, 3.63) is 48.2 Å². The van der Waals surface area contributed by atoms with Crippen LogP contribution in [0, 0.1) is 5.41 Å². The Morgan fingerprint density at radius 2 is 1.91 bits per heavy atom. The van der Waals surface area contributed by atoms with Crippen molar-refractivity contribution in [3.8, 4) is 11.5 Å². The van der Waals surface area contributed by atoms with Crippen molar-refractivity contribution in [1.29, 1.82) is 0 Å². The highest BCUT2D eigenvalue weighted by atomic mass is 16.3. The second kappa shape index (κ2) is 5.83. The molecule has 3 rings (SSSR count). The molecular weight excluding hydrogens is 290 g/mol. The third kappa shape index (κ3) is 3.39. The molecule has 0 bridgehead atoms. The summed E-state index contributed by atoms with van der Waals surface area (Å²) in [5.41, 5.74) is 2.80. The Morgan fingerprint density at radius 1 is 1.17 bits per heavy atom. The van der Waals surface area contributed by atoms with Gasteiger partial charge in [0.05, 0.1) is 0 Å². The zero-order valence-corrected chi connectivity index (χ0v) is 13.5. The van der Waals surface area contributed by atoms with Gasteiger partial charge in [-0.3, -0.25) is 4.79 Å². The van der Waals surface area contributed by atoms with Gasteiger partial charge in [0.1, 0.15) is 0 Å². The minimum absolute atomic E-state index is 0.0339. The maximum Gasteiger partial charge on any atom is 0.228 e. The fourth-order valence-corrected chi connectivity index (χ4v) is 2.11. The predicted molar refractivity (Wildman–Crippen MR) is 88.5 cm³/mol. The standard InChI is InChI=1S/C18H19N3O2/c1-18(2,3)17(22)20-11-12-6-8-13(9-7-12)16-21-15-14(23-16)5-4-10-19-15/h4-10H,11H2,1-3H3,(H,20,22). The number of benzene rings is 1. The highest BCUT2D eigenvalue weighted by molar-refractivity contribution is 5.81. The van der Waals surface area contributed by atoms with Crippen molar-refractivity contribution < 1.29 is 9.21 Å². The Hall–Kier alpha value is -2.69. The van der Waals surface area contributed by atoms with Crippen molar-refractivity contribution >= 4 is 17.1 Å². The number of fused-ring (bicyclic) bond motifs is 1. The number of oxazole rings is 1. The molecule has 0 unspecified atom stereocenters. The summed E-state index contributed by atoms with van der Waals surface area (Å²) in [7, 11) is 0. The van der Waals surface area contributed by atoms with Crippen LogP contribution >= 0.6 is 0 Å². The Balaban J connectivity index is 1.73. The lowest BCUT2D eigenvalue weighted by molar-refractivity contribution is -0.128. The lowest BCUT2D eigenvalue weighted by Crippen LogP contribution is -2.34. The summed E-state index contributed by atoms with van der Waals surface area (Å²) < 4.78 is 5.69. The van der Waals surface area contributed by atoms with Gasteiger partial charge in [0.15, 0.2) is 11.2 Å². The number of carbonyl (C=O) groups is 1. The van der Waals surface area contributed by atoms with E-state index in [1.165, 1.54) is 0 Å². The summed E-state index contributed by atoms with van der Waals surface area (Å²) in [5, 5.41) is 2.93. The largest absolute Gasteiger partial charge is 0.434 e. The molecule has 0 aliphatic rings. The lowest BCUT2D eigenvalue weighted by atomic mass is 9.95. The van der Waals surface area contributed by atoms with Crippen LogP contribution in [0.25, 0.3) is 22.7 Å². The molecule has 23 heavy (non-hydrogen) atoms. The number of carbonyl (C=O) groups excluding carboxylic acids is 1. The Labute approximate surface area is 134 Å². The molecular formula is C18H19N3O2. The third-order valence-corrected chi connectivity index (χ3v) is 3.50. The smallest absolute Gasteiger partial charge is 0.228 e. The maximum absolute atomic E-state index is 11.9. The molecule has 0 aliphatic heterocycles. The van der Waals surface area contributed by atoms with E-state index >= 15 is 0 Å². The maximum atomic E-state index is 11.9. The van der Waals surface area contributed by atoms with Gasteiger partial charge in [0, 0.05) is 23.7 Å².